The number of methoxy groups -OCH3 is 1. The molecule has 0 saturated heterocycles. The molecule has 1 aromatic heterocycles. The largest absolute Gasteiger partial charge is 0.479 e. The van der Waals surface area contributed by atoms with E-state index in [0.717, 1.165) is 10.0 Å². The van der Waals surface area contributed by atoms with Gasteiger partial charge in [0, 0.05) is 10.0 Å². The average molecular weight is 309 g/mol. The molecule has 5 nitrogen and oxygen atoms in total. The van der Waals surface area contributed by atoms with Crippen LogP contribution < -0.4 is 4.74 Å². The third-order valence-corrected chi connectivity index (χ3v) is 3.08. The molecule has 0 aliphatic carbocycles. The molecule has 1 aromatic carbocycles. The van der Waals surface area contributed by atoms with Crippen molar-refractivity contribution in [3.05, 3.63) is 40.5 Å². The van der Waals surface area contributed by atoms with Crippen molar-refractivity contribution in [1.82, 2.24) is 10.2 Å². The molecule has 0 fully saturated rings. The molecular formula is C12H9BrN2O3. The zero-order valence-corrected chi connectivity index (χ0v) is 11.0. The lowest BCUT2D eigenvalue weighted by Gasteiger charge is -2.09. The summed E-state index contributed by atoms with van der Waals surface area (Å²) in [6.45, 7) is 0. The monoisotopic (exact) mass is 308 g/mol. The maximum absolute atomic E-state index is 11.3. The maximum Gasteiger partial charge on any atom is 0.341 e. The predicted molar refractivity (Wildman–Crippen MR) is 68.7 cm³/mol. The Morgan fingerprint density at radius 2 is 2.06 bits per heavy atom. The highest BCUT2D eigenvalue weighted by atomic mass is 79.9. The van der Waals surface area contributed by atoms with Crippen LogP contribution in [-0.4, -0.2) is 28.4 Å². The van der Waals surface area contributed by atoms with E-state index in [1.807, 2.05) is 18.2 Å². The summed E-state index contributed by atoms with van der Waals surface area (Å²) < 4.78 is 5.72. The first-order valence-electron chi connectivity index (χ1n) is 5.03. The highest BCUT2D eigenvalue weighted by molar-refractivity contribution is 9.10. The molecule has 18 heavy (non-hydrogen) atoms. The Morgan fingerprint density at radius 1 is 1.33 bits per heavy atom. The van der Waals surface area contributed by atoms with Crippen molar-refractivity contribution >= 4 is 21.9 Å². The van der Waals surface area contributed by atoms with E-state index < -0.39 is 5.97 Å². The Kier molecular flexibility index (Phi) is 3.57. The molecule has 2 rings (SSSR count). The lowest BCUT2D eigenvalue weighted by Crippen LogP contribution is -2.06. The van der Waals surface area contributed by atoms with Gasteiger partial charge in [0.25, 0.3) is 0 Å². The van der Waals surface area contributed by atoms with Gasteiger partial charge in [-0.1, -0.05) is 34.1 Å². The summed E-state index contributed by atoms with van der Waals surface area (Å²) in [5, 5.41) is 16.7. The van der Waals surface area contributed by atoms with Gasteiger partial charge in [0.15, 0.2) is 0 Å². The molecule has 0 saturated carbocycles. The van der Waals surface area contributed by atoms with Crippen molar-refractivity contribution in [3.63, 3.8) is 0 Å². The van der Waals surface area contributed by atoms with Crippen molar-refractivity contribution in [3.8, 4) is 17.0 Å². The fourth-order valence-electron chi connectivity index (χ4n) is 1.60. The fraction of sp³-hybridized carbons (Fsp3) is 0.0833. The molecule has 92 valence electrons. The SMILES string of the molecule is COc1nncc(-c2ccccc2Br)c1C(=O)O. The Morgan fingerprint density at radius 3 is 2.67 bits per heavy atom. The Balaban J connectivity index is 2.72. The minimum Gasteiger partial charge on any atom is -0.479 e. The third kappa shape index (κ3) is 2.19. The van der Waals surface area contributed by atoms with E-state index in [0.29, 0.717) is 5.56 Å². The second-order valence-electron chi connectivity index (χ2n) is 3.43. The van der Waals surface area contributed by atoms with Crippen LogP contribution >= 0.6 is 15.9 Å². The van der Waals surface area contributed by atoms with Gasteiger partial charge in [-0.15, -0.1) is 5.10 Å². The number of rotatable bonds is 3. The zero-order chi connectivity index (χ0) is 13.1. The highest BCUT2D eigenvalue weighted by Gasteiger charge is 2.20. The number of nitrogens with zero attached hydrogens (tertiary/aromatic N) is 2. The van der Waals surface area contributed by atoms with Crippen LogP contribution in [0, 0.1) is 0 Å². The van der Waals surface area contributed by atoms with E-state index in [9.17, 15) is 9.90 Å². The minimum atomic E-state index is -1.10. The Hall–Kier alpha value is -1.95. The van der Waals surface area contributed by atoms with E-state index in [2.05, 4.69) is 26.1 Å². The summed E-state index contributed by atoms with van der Waals surface area (Å²) >= 11 is 3.38. The zero-order valence-electron chi connectivity index (χ0n) is 9.42. The number of carbonyl (C=O) groups is 1. The van der Waals surface area contributed by atoms with Gasteiger partial charge in [0.2, 0.25) is 5.88 Å². The van der Waals surface area contributed by atoms with Gasteiger partial charge in [-0.2, -0.15) is 5.10 Å². The van der Waals surface area contributed by atoms with E-state index >= 15 is 0 Å². The standard InChI is InChI=1S/C12H9BrN2O3/c1-18-11-10(12(16)17)8(6-14-15-11)7-4-2-3-5-9(7)13/h2-6H,1H3,(H,16,17). The molecule has 1 N–H and O–H groups in total. The number of benzene rings is 1. The van der Waals surface area contributed by atoms with E-state index in [-0.39, 0.29) is 11.4 Å². The maximum atomic E-state index is 11.3. The molecule has 2 aromatic rings. The summed E-state index contributed by atoms with van der Waals surface area (Å²) in [6.07, 6.45) is 1.41. The molecule has 1 heterocycles. The fourth-order valence-corrected chi connectivity index (χ4v) is 2.10. The molecular weight excluding hydrogens is 300 g/mol. The number of halogens is 1. The van der Waals surface area contributed by atoms with E-state index in [1.165, 1.54) is 13.3 Å². The Labute approximate surface area is 112 Å². The predicted octanol–water partition coefficient (Wildman–Crippen LogP) is 2.61. The average Bonchev–Trinajstić information content (AvgIpc) is 2.38. The van der Waals surface area contributed by atoms with Crippen molar-refractivity contribution in [1.29, 1.82) is 0 Å². The van der Waals surface area contributed by atoms with Gasteiger partial charge >= 0.3 is 5.97 Å². The second kappa shape index (κ2) is 5.14. The van der Waals surface area contributed by atoms with Crippen LogP contribution in [-0.2, 0) is 0 Å². The van der Waals surface area contributed by atoms with Gasteiger partial charge in [0.05, 0.1) is 13.3 Å². The number of carboxylic acid groups (broad SMARTS) is 1. The molecule has 0 amide bonds. The summed E-state index contributed by atoms with van der Waals surface area (Å²) in [4.78, 5) is 11.3. The van der Waals surface area contributed by atoms with Gasteiger partial charge < -0.3 is 9.84 Å². The summed E-state index contributed by atoms with van der Waals surface area (Å²) in [7, 11) is 1.36. The smallest absolute Gasteiger partial charge is 0.341 e. The van der Waals surface area contributed by atoms with E-state index in [1.54, 1.807) is 6.07 Å². The second-order valence-corrected chi connectivity index (χ2v) is 4.28. The number of hydrogen-bond donors (Lipinski definition) is 1. The number of aromatic nitrogens is 2. The van der Waals surface area contributed by atoms with Crippen LogP contribution in [0.15, 0.2) is 34.9 Å². The molecule has 0 spiro atoms. The van der Waals surface area contributed by atoms with Gasteiger partial charge in [-0.25, -0.2) is 4.79 Å². The number of aromatic carboxylic acids is 1. The first-order chi connectivity index (χ1) is 8.65. The minimum absolute atomic E-state index is 0.000556. The third-order valence-electron chi connectivity index (χ3n) is 2.39. The molecule has 0 unspecified atom stereocenters. The first kappa shape index (κ1) is 12.5. The van der Waals surface area contributed by atoms with Gasteiger partial charge in [-0.05, 0) is 11.6 Å². The van der Waals surface area contributed by atoms with Crippen LogP contribution in [0.1, 0.15) is 10.4 Å². The molecule has 0 atom stereocenters. The van der Waals surface area contributed by atoms with Crippen LogP contribution in [0.2, 0.25) is 0 Å². The van der Waals surface area contributed by atoms with E-state index in [4.69, 9.17) is 4.74 Å². The summed E-state index contributed by atoms with van der Waals surface area (Å²) in [5.74, 6) is -1.11. The van der Waals surface area contributed by atoms with Crippen molar-refractivity contribution < 1.29 is 14.6 Å². The quantitative estimate of drug-likeness (QED) is 0.943. The van der Waals surface area contributed by atoms with Crippen molar-refractivity contribution in [2.24, 2.45) is 0 Å². The normalized spacial score (nSPS) is 10.1. The van der Waals surface area contributed by atoms with Crippen LogP contribution in [0.25, 0.3) is 11.1 Å². The van der Waals surface area contributed by atoms with Crippen molar-refractivity contribution in [2.75, 3.05) is 7.11 Å². The number of hydrogen-bond acceptors (Lipinski definition) is 4. The molecule has 0 radical (unpaired) electrons. The molecule has 0 aliphatic rings. The van der Waals surface area contributed by atoms with Crippen LogP contribution in [0.5, 0.6) is 5.88 Å². The lowest BCUT2D eigenvalue weighted by atomic mass is 10.0. The van der Waals surface area contributed by atoms with Crippen LogP contribution in [0.4, 0.5) is 0 Å². The van der Waals surface area contributed by atoms with Gasteiger partial charge in [0.1, 0.15) is 5.56 Å². The Bertz CT molecular complexity index is 602. The lowest BCUT2D eigenvalue weighted by molar-refractivity contribution is 0.0693. The van der Waals surface area contributed by atoms with Crippen LogP contribution in [0.3, 0.4) is 0 Å². The summed E-state index contributed by atoms with van der Waals surface area (Å²) in [5.41, 5.74) is 1.18. The van der Waals surface area contributed by atoms with Crippen molar-refractivity contribution in [2.45, 2.75) is 0 Å². The molecule has 0 aliphatic heterocycles. The summed E-state index contributed by atoms with van der Waals surface area (Å²) in [6, 6.07) is 7.29. The molecule has 0 bridgehead atoms. The number of ether oxygens (including phenoxy) is 1. The highest BCUT2D eigenvalue weighted by Crippen LogP contribution is 2.32. The first-order valence-corrected chi connectivity index (χ1v) is 5.82. The topological polar surface area (TPSA) is 72.3 Å². The molecule has 6 heteroatoms. The van der Waals surface area contributed by atoms with Gasteiger partial charge in [-0.3, -0.25) is 0 Å². The number of carboxylic acids is 1.